The van der Waals surface area contributed by atoms with Crippen LogP contribution in [0.2, 0.25) is 10.0 Å². The smallest absolute Gasteiger partial charge is 0.393 e. The Morgan fingerprint density at radius 2 is 1.07 bits per heavy atom. The third-order valence-corrected chi connectivity index (χ3v) is 20.6. The minimum absolute atomic E-state index is 0.0689. The maximum atomic E-state index is 16.0. The molecular formula is C71H85Cl2FN11O11P. The fraction of sp³-hybridized carbons (Fsp3) is 0.535. The second-order valence-electron chi connectivity index (χ2n) is 26.6. The van der Waals surface area contributed by atoms with Crippen molar-refractivity contribution >= 4 is 53.7 Å². The third-order valence-electron chi connectivity index (χ3n) is 18.5. The van der Waals surface area contributed by atoms with Crippen molar-refractivity contribution in [2.45, 2.75) is 235 Å². The van der Waals surface area contributed by atoms with Crippen LogP contribution in [-0.4, -0.2) is 89.1 Å². The number of hydrogen-bond donors (Lipinski definition) is 2. The minimum Gasteiger partial charge on any atom is -0.393 e. The Labute approximate surface area is 575 Å². The zero-order valence-electron chi connectivity index (χ0n) is 55.5. The number of phosphoric ester groups is 1. The van der Waals surface area contributed by atoms with Crippen LogP contribution in [0.15, 0.2) is 91.5 Å². The number of hydrogen-bond acceptors (Lipinski definition) is 20. The molecule has 22 nitrogen and oxygen atoms in total. The summed E-state index contributed by atoms with van der Waals surface area (Å²) in [5.74, 6) is -2.72. The zero-order chi connectivity index (χ0) is 68.5. The van der Waals surface area contributed by atoms with Gasteiger partial charge in [0, 0.05) is 12.8 Å². The van der Waals surface area contributed by atoms with Crippen molar-refractivity contribution in [3.63, 3.8) is 0 Å². The van der Waals surface area contributed by atoms with E-state index >= 15 is 4.57 Å². The number of nitrogen functional groups attached to an aromatic ring is 2. The molecule has 0 saturated carbocycles. The predicted octanol–water partition coefficient (Wildman–Crippen LogP) is 15.7. The van der Waals surface area contributed by atoms with Crippen LogP contribution in [-0.2, 0) is 61.7 Å². The molecule has 0 aliphatic carbocycles. The lowest BCUT2D eigenvalue weighted by Gasteiger charge is -2.30. The number of ether oxygens (including phenoxy) is 7. The molecule has 4 saturated heterocycles. The number of nitrogens with two attached hydrogens (primary N) is 2. The lowest BCUT2D eigenvalue weighted by Crippen LogP contribution is -2.44. The molecule has 4 aliphatic heterocycles. The van der Waals surface area contributed by atoms with Crippen molar-refractivity contribution < 1.29 is 55.7 Å². The van der Waals surface area contributed by atoms with Crippen LogP contribution in [0.3, 0.4) is 0 Å². The number of fused-ring (bicyclic) bond motifs is 4. The highest BCUT2D eigenvalue weighted by Crippen LogP contribution is 2.57. The first-order valence-electron chi connectivity index (χ1n) is 33.8. The van der Waals surface area contributed by atoms with Gasteiger partial charge in [-0.15, -0.1) is 0 Å². The molecule has 0 spiro atoms. The molecule has 4 aliphatic rings. The highest BCUT2D eigenvalue weighted by atomic mass is 35.5. The Morgan fingerprint density at radius 1 is 0.619 bits per heavy atom. The second kappa shape index (κ2) is 31.0. The van der Waals surface area contributed by atoms with Crippen molar-refractivity contribution in [1.82, 2.24) is 29.2 Å². The van der Waals surface area contributed by atoms with E-state index in [-0.39, 0.29) is 64.8 Å². The molecule has 4 fully saturated rings. The van der Waals surface area contributed by atoms with Crippen LogP contribution in [0.25, 0.3) is 11.0 Å². The van der Waals surface area contributed by atoms with E-state index in [1.165, 1.54) is 108 Å². The van der Waals surface area contributed by atoms with Gasteiger partial charge in [0.15, 0.2) is 45.9 Å². The van der Waals surface area contributed by atoms with Gasteiger partial charge < -0.3 is 53.7 Å². The van der Waals surface area contributed by atoms with Gasteiger partial charge in [-0.3, -0.25) is 4.52 Å². The number of aromatic nitrogens is 6. The summed E-state index contributed by atoms with van der Waals surface area (Å²) in [5.41, 5.74) is 12.3. The van der Waals surface area contributed by atoms with Gasteiger partial charge in [-0.25, -0.2) is 28.0 Å². The van der Waals surface area contributed by atoms with E-state index < -0.39 is 79.1 Å². The Balaban J connectivity index is 0.852. The van der Waals surface area contributed by atoms with Crippen LogP contribution in [0, 0.1) is 39.8 Å². The van der Waals surface area contributed by atoms with E-state index in [1.807, 2.05) is 6.07 Å². The van der Waals surface area contributed by atoms with E-state index in [0.717, 1.165) is 31.7 Å². The van der Waals surface area contributed by atoms with Crippen molar-refractivity contribution in [2.75, 3.05) is 18.1 Å². The Kier molecular flexibility index (Phi) is 22.8. The Morgan fingerprint density at radius 3 is 1.52 bits per heavy atom. The number of halogens is 3. The highest BCUT2D eigenvalue weighted by molar-refractivity contribution is 7.49. The average molecular weight is 1390 g/mol. The van der Waals surface area contributed by atoms with Gasteiger partial charge in [0.1, 0.15) is 78.3 Å². The number of phosphoric acid groups is 1. The van der Waals surface area contributed by atoms with E-state index in [0.29, 0.717) is 52.0 Å². The molecule has 4 N–H and O–H groups in total. The standard InChI is InChI=1S/C71H85Cl2FN11O11P/c1-6-7-8-9-10-11-12-13-14-15-16-17-18-19-20-21-22-27-51(87-40-47-34-46(39-75)35-50(74)36-47)41-88-97(86,95-56-28-23-25-48(58(56)72)37-70(42-76)64-62(89-68(2,3)93-64)60(91-70)52-30-32-54-66(78)80-44-82-84(52)54)96-57-29-24-26-49(59(57)73)38-71(43-77)65-63(90-69(4,5)94-65)61(92-71)53-31-33-55-67(79)81-45-83-85(53)55/h23-26,28-36,44-45,51,60-65H,6-22,27,37-38,40-41H2,1-5H3,(H2,78,80,82)(H2,79,81,83)/t51-,60+,61+,62?,63?,64?,65?,70-,71-,97?/m1/s1. The maximum Gasteiger partial charge on any atom is 0.587 e. The molecule has 9 atom stereocenters. The summed E-state index contributed by atoms with van der Waals surface area (Å²) in [5, 5.41) is 41.0. The Hall–Kier alpha value is -7.01. The minimum atomic E-state index is -5.02. The van der Waals surface area contributed by atoms with Gasteiger partial charge in [0.2, 0.25) is 0 Å². The molecule has 8 heterocycles. The van der Waals surface area contributed by atoms with E-state index in [1.54, 1.807) is 91.3 Å². The quantitative estimate of drug-likeness (QED) is 0.0280. The average Bonchev–Trinajstić information content (AvgIpc) is 1.57. The first-order chi connectivity index (χ1) is 46.7. The highest BCUT2D eigenvalue weighted by Gasteiger charge is 2.66. The van der Waals surface area contributed by atoms with Crippen molar-refractivity contribution in [3.05, 3.63) is 141 Å². The molecule has 0 radical (unpaired) electrons. The number of anilines is 2. The van der Waals surface area contributed by atoms with E-state index in [2.05, 4.69) is 39.2 Å². The molecule has 4 aromatic heterocycles. The normalized spacial score (nSPS) is 24.0. The molecule has 0 bridgehead atoms. The molecule has 11 rings (SSSR count). The largest absolute Gasteiger partial charge is 0.587 e. The summed E-state index contributed by atoms with van der Waals surface area (Å²) in [4.78, 5) is 8.25. The van der Waals surface area contributed by atoms with Gasteiger partial charge in [-0.05, 0) is 105 Å². The van der Waals surface area contributed by atoms with Crippen molar-refractivity contribution in [3.8, 4) is 29.7 Å². The first kappa shape index (κ1) is 71.3. The van der Waals surface area contributed by atoms with Crippen LogP contribution in [0.1, 0.15) is 196 Å². The predicted molar refractivity (Wildman–Crippen MR) is 360 cm³/mol. The molecule has 3 aromatic carbocycles. The van der Waals surface area contributed by atoms with E-state index in [9.17, 15) is 20.2 Å². The second-order valence-corrected chi connectivity index (χ2v) is 28.9. The summed E-state index contributed by atoms with van der Waals surface area (Å²) in [6, 6.07) is 27.3. The SMILES string of the molecule is CCCCCCCCCCCCCCCCCCC[C@H](COP(=O)(Oc1cccc(C[C@]2(C#N)O[C@@H](c3ccc4c(N)ncnn34)C3OC(C)(C)OC32)c1Cl)Oc1cccc(C[C@]2(C#N)O[C@@H](c3ccc4c(N)ncnn34)C3OC(C)(C)OC32)c1Cl)OCc1cc(F)cc(C#N)c1. The summed E-state index contributed by atoms with van der Waals surface area (Å²) in [7, 11) is -5.02. The number of unbranched alkanes of at least 4 members (excludes halogenated alkanes) is 16. The lowest BCUT2D eigenvalue weighted by molar-refractivity contribution is -0.200. The molecule has 7 aromatic rings. The van der Waals surface area contributed by atoms with Crippen molar-refractivity contribution in [2.24, 2.45) is 0 Å². The number of benzene rings is 3. The molecule has 516 valence electrons. The monoisotopic (exact) mass is 1390 g/mol. The zero-order valence-corrected chi connectivity index (χ0v) is 57.9. The third kappa shape index (κ3) is 16.3. The van der Waals surface area contributed by atoms with Gasteiger partial charge in [0.25, 0.3) is 0 Å². The van der Waals surface area contributed by atoms with Gasteiger partial charge in [-0.1, -0.05) is 164 Å². The number of rotatable bonds is 34. The molecule has 26 heteroatoms. The fourth-order valence-electron chi connectivity index (χ4n) is 13.7. The maximum absolute atomic E-state index is 16.0. The van der Waals surface area contributed by atoms with Crippen LogP contribution >= 0.6 is 31.0 Å². The number of nitriles is 3. The van der Waals surface area contributed by atoms with Crippen LogP contribution in [0.4, 0.5) is 16.0 Å². The van der Waals surface area contributed by atoms with Crippen LogP contribution < -0.4 is 20.5 Å². The van der Waals surface area contributed by atoms with Crippen molar-refractivity contribution in [1.29, 1.82) is 15.8 Å². The summed E-state index contributed by atoms with van der Waals surface area (Å²) < 4.78 is 99.3. The topological polar surface area (TPSA) is 293 Å². The number of nitrogens with zero attached hydrogens (tertiary/aromatic N) is 9. The van der Waals surface area contributed by atoms with Crippen LogP contribution in [0.5, 0.6) is 11.5 Å². The summed E-state index contributed by atoms with van der Waals surface area (Å²) in [6.45, 7) is 8.75. The van der Waals surface area contributed by atoms with Gasteiger partial charge >= 0.3 is 7.82 Å². The summed E-state index contributed by atoms with van der Waals surface area (Å²) >= 11 is 14.7. The van der Waals surface area contributed by atoms with Gasteiger partial charge in [0.05, 0.1) is 52.4 Å². The van der Waals surface area contributed by atoms with E-state index in [4.69, 9.17) is 81.4 Å². The fourth-order valence-corrected chi connectivity index (χ4v) is 15.6. The molecule has 97 heavy (non-hydrogen) atoms. The molecular weight excluding hydrogens is 1300 g/mol. The first-order valence-corrected chi connectivity index (χ1v) is 36.0. The molecule has 0 amide bonds. The van der Waals surface area contributed by atoms with Gasteiger partial charge in [-0.2, -0.15) is 26.0 Å². The Bertz CT molecular complexity index is 3890. The lowest BCUT2D eigenvalue weighted by atomic mass is 9.88. The summed E-state index contributed by atoms with van der Waals surface area (Å²) in [6.07, 6.45) is 17.0. The molecule has 4 unspecified atom stereocenters.